The molecule has 0 aliphatic heterocycles. The lowest BCUT2D eigenvalue weighted by Crippen LogP contribution is -1.96. The number of pyridine rings is 1. The number of hydrogen-bond acceptors (Lipinski definition) is 2. The van der Waals surface area contributed by atoms with Gasteiger partial charge in [-0.2, -0.15) is 0 Å². The van der Waals surface area contributed by atoms with Gasteiger partial charge in [0.2, 0.25) is 0 Å². The molecule has 2 heterocycles. The van der Waals surface area contributed by atoms with Crippen LogP contribution in [0.3, 0.4) is 0 Å². The highest BCUT2D eigenvalue weighted by Gasteiger charge is 2.10. The standard InChI is InChI=1S/C14H18BrN3/c1-3-4-5-10(2)14-17-9-12(18-14)11-6-7-13(15)16-8-11/h6-10H,3-5H2,1-2H3,(H,17,18)/t10-/m0/s1. The van der Waals surface area contributed by atoms with Gasteiger partial charge in [-0.05, 0) is 34.5 Å². The van der Waals surface area contributed by atoms with Gasteiger partial charge in [0.15, 0.2) is 0 Å². The fourth-order valence-corrected chi connectivity index (χ4v) is 2.15. The van der Waals surface area contributed by atoms with Crippen LogP contribution in [0.5, 0.6) is 0 Å². The van der Waals surface area contributed by atoms with Crippen molar-refractivity contribution < 1.29 is 0 Å². The van der Waals surface area contributed by atoms with Crippen LogP contribution in [-0.4, -0.2) is 15.0 Å². The van der Waals surface area contributed by atoms with Crippen molar-refractivity contribution in [1.29, 1.82) is 0 Å². The number of unbranched alkanes of at least 4 members (excludes halogenated alkanes) is 1. The van der Waals surface area contributed by atoms with E-state index in [9.17, 15) is 0 Å². The Bertz CT molecular complexity index is 490. The Morgan fingerprint density at radius 2 is 2.11 bits per heavy atom. The number of rotatable bonds is 5. The average molecular weight is 308 g/mol. The van der Waals surface area contributed by atoms with Gasteiger partial charge < -0.3 is 4.98 Å². The van der Waals surface area contributed by atoms with E-state index >= 15 is 0 Å². The van der Waals surface area contributed by atoms with Crippen LogP contribution < -0.4 is 0 Å². The molecule has 0 aromatic carbocycles. The summed E-state index contributed by atoms with van der Waals surface area (Å²) in [4.78, 5) is 12.1. The van der Waals surface area contributed by atoms with Gasteiger partial charge in [0.05, 0.1) is 11.9 Å². The van der Waals surface area contributed by atoms with Gasteiger partial charge in [0.25, 0.3) is 0 Å². The second-order valence-corrected chi connectivity index (χ2v) is 5.41. The minimum atomic E-state index is 0.488. The Balaban J connectivity index is 2.12. The highest BCUT2D eigenvalue weighted by Crippen LogP contribution is 2.23. The van der Waals surface area contributed by atoms with Gasteiger partial charge in [0.1, 0.15) is 10.4 Å². The number of aromatic nitrogens is 3. The van der Waals surface area contributed by atoms with Crippen LogP contribution in [0.15, 0.2) is 29.1 Å². The summed E-state index contributed by atoms with van der Waals surface area (Å²) in [6.07, 6.45) is 7.40. The molecule has 0 unspecified atom stereocenters. The summed E-state index contributed by atoms with van der Waals surface area (Å²) < 4.78 is 0.849. The zero-order valence-corrected chi connectivity index (χ0v) is 12.4. The fourth-order valence-electron chi connectivity index (χ4n) is 1.92. The number of hydrogen-bond donors (Lipinski definition) is 1. The molecule has 0 saturated heterocycles. The Kier molecular flexibility index (Phi) is 4.53. The van der Waals surface area contributed by atoms with E-state index < -0.39 is 0 Å². The number of imidazole rings is 1. The second-order valence-electron chi connectivity index (χ2n) is 4.59. The average Bonchev–Trinajstić information content (AvgIpc) is 2.86. The molecule has 0 spiro atoms. The lowest BCUT2D eigenvalue weighted by molar-refractivity contribution is 0.601. The summed E-state index contributed by atoms with van der Waals surface area (Å²) >= 11 is 3.34. The monoisotopic (exact) mass is 307 g/mol. The molecule has 1 atom stereocenters. The number of halogens is 1. The highest BCUT2D eigenvalue weighted by molar-refractivity contribution is 9.10. The lowest BCUT2D eigenvalue weighted by Gasteiger charge is -2.06. The van der Waals surface area contributed by atoms with Crippen LogP contribution in [0.25, 0.3) is 11.3 Å². The summed E-state index contributed by atoms with van der Waals surface area (Å²) in [6, 6.07) is 3.97. The predicted octanol–water partition coefficient (Wildman–Crippen LogP) is 4.53. The van der Waals surface area contributed by atoms with Gasteiger partial charge in [-0.15, -0.1) is 0 Å². The summed E-state index contributed by atoms with van der Waals surface area (Å²) in [5, 5.41) is 0. The fraction of sp³-hybridized carbons (Fsp3) is 0.429. The minimum Gasteiger partial charge on any atom is -0.342 e. The molecule has 0 bridgehead atoms. The maximum atomic E-state index is 4.47. The smallest absolute Gasteiger partial charge is 0.109 e. The Labute approximate surface area is 116 Å². The van der Waals surface area contributed by atoms with Crippen LogP contribution >= 0.6 is 15.9 Å². The van der Waals surface area contributed by atoms with Gasteiger partial charge in [-0.1, -0.05) is 26.7 Å². The zero-order valence-electron chi connectivity index (χ0n) is 10.8. The third-order valence-corrected chi connectivity index (χ3v) is 3.56. The molecule has 0 aliphatic rings. The van der Waals surface area contributed by atoms with Gasteiger partial charge >= 0.3 is 0 Å². The van der Waals surface area contributed by atoms with Gasteiger partial charge in [0, 0.05) is 17.7 Å². The molecule has 4 heteroatoms. The third kappa shape index (κ3) is 3.19. The van der Waals surface area contributed by atoms with Crippen molar-refractivity contribution in [2.45, 2.75) is 39.0 Å². The first-order valence-corrected chi connectivity index (χ1v) is 7.17. The van der Waals surface area contributed by atoms with Crippen molar-refractivity contribution in [3.63, 3.8) is 0 Å². The molecule has 0 aliphatic carbocycles. The number of H-pyrrole nitrogens is 1. The maximum Gasteiger partial charge on any atom is 0.109 e. The van der Waals surface area contributed by atoms with E-state index in [0.29, 0.717) is 5.92 Å². The highest BCUT2D eigenvalue weighted by atomic mass is 79.9. The molecule has 3 nitrogen and oxygen atoms in total. The van der Waals surface area contributed by atoms with E-state index in [0.717, 1.165) is 21.7 Å². The molecule has 0 saturated carbocycles. The Morgan fingerprint density at radius 3 is 2.78 bits per heavy atom. The van der Waals surface area contributed by atoms with Crippen molar-refractivity contribution in [2.24, 2.45) is 0 Å². The molecular weight excluding hydrogens is 290 g/mol. The summed E-state index contributed by atoms with van der Waals surface area (Å²) in [6.45, 7) is 4.44. The molecule has 0 radical (unpaired) electrons. The van der Waals surface area contributed by atoms with E-state index in [-0.39, 0.29) is 0 Å². The number of nitrogens with zero attached hydrogens (tertiary/aromatic N) is 2. The van der Waals surface area contributed by atoms with Crippen LogP contribution in [0.2, 0.25) is 0 Å². The predicted molar refractivity (Wildman–Crippen MR) is 77.5 cm³/mol. The third-order valence-electron chi connectivity index (χ3n) is 3.09. The van der Waals surface area contributed by atoms with Crippen molar-refractivity contribution in [2.75, 3.05) is 0 Å². The second kappa shape index (κ2) is 6.14. The van der Waals surface area contributed by atoms with Crippen LogP contribution in [0.4, 0.5) is 0 Å². The molecule has 1 N–H and O–H groups in total. The van der Waals surface area contributed by atoms with E-state index in [1.807, 2.05) is 24.5 Å². The van der Waals surface area contributed by atoms with Crippen molar-refractivity contribution in [3.05, 3.63) is 35.0 Å². The van der Waals surface area contributed by atoms with Crippen LogP contribution in [-0.2, 0) is 0 Å². The van der Waals surface area contributed by atoms with E-state index in [1.165, 1.54) is 19.3 Å². The minimum absolute atomic E-state index is 0.488. The SMILES string of the molecule is CCCC[C@H](C)c1ncc(-c2ccc(Br)nc2)[nH]1. The molecule has 0 amide bonds. The van der Waals surface area contributed by atoms with Crippen molar-refractivity contribution >= 4 is 15.9 Å². The summed E-state index contributed by atoms with van der Waals surface area (Å²) in [7, 11) is 0. The molecule has 2 aromatic rings. The normalized spacial score (nSPS) is 12.6. The molecule has 2 aromatic heterocycles. The molecular formula is C14H18BrN3. The summed E-state index contributed by atoms with van der Waals surface area (Å²) in [5.41, 5.74) is 2.10. The Hall–Kier alpha value is -1.16. The van der Waals surface area contributed by atoms with Crippen molar-refractivity contribution in [1.82, 2.24) is 15.0 Å². The maximum absolute atomic E-state index is 4.47. The van der Waals surface area contributed by atoms with Crippen molar-refractivity contribution in [3.8, 4) is 11.3 Å². The van der Waals surface area contributed by atoms with Gasteiger partial charge in [-0.25, -0.2) is 9.97 Å². The van der Waals surface area contributed by atoms with Crippen LogP contribution in [0, 0.1) is 0 Å². The van der Waals surface area contributed by atoms with E-state index in [2.05, 4.69) is 44.7 Å². The molecule has 18 heavy (non-hydrogen) atoms. The zero-order chi connectivity index (χ0) is 13.0. The van der Waals surface area contributed by atoms with Gasteiger partial charge in [-0.3, -0.25) is 0 Å². The van der Waals surface area contributed by atoms with E-state index in [4.69, 9.17) is 0 Å². The Morgan fingerprint density at radius 1 is 1.28 bits per heavy atom. The molecule has 0 fully saturated rings. The first kappa shape index (κ1) is 13.3. The number of nitrogens with one attached hydrogen (secondary N) is 1. The number of aromatic amines is 1. The first-order valence-electron chi connectivity index (χ1n) is 6.37. The molecule has 96 valence electrons. The largest absolute Gasteiger partial charge is 0.342 e. The molecule has 2 rings (SSSR count). The van der Waals surface area contributed by atoms with Crippen LogP contribution in [0.1, 0.15) is 44.9 Å². The summed E-state index contributed by atoms with van der Waals surface area (Å²) in [5.74, 6) is 1.56. The topological polar surface area (TPSA) is 41.6 Å². The first-order chi connectivity index (χ1) is 8.70. The van der Waals surface area contributed by atoms with E-state index in [1.54, 1.807) is 0 Å². The quantitative estimate of drug-likeness (QED) is 0.825. The lowest BCUT2D eigenvalue weighted by atomic mass is 10.0.